The normalized spacial score (nSPS) is 12.0. The van der Waals surface area contributed by atoms with E-state index >= 15 is 0 Å². The highest BCUT2D eigenvalue weighted by molar-refractivity contribution is 7.89. The lowest BCUT2D eigenvalue weighted by molar-refractivity contribution is 0.0944. The van der Waals surface area contributed by atoms with Crippen LogP contribution in [0, 0.1) is 0 Å². The van der Waals surface area contributed by atoms with Crippen LogP contribution in [0.5, 0.6) is 11.5 Å². The fourth-order valence-corrected chi connectivity index (χ4v) is 3.38. The maximum absolute atomic E-state index is 12.5. The largest absolute Gasteiger partial charge is 0.493 e. The molecule has 0 saturated heterocycles. The molecule has 2 aromatic carbocycles. The Morgan fingerprint density at radius 1 is 1.00 bits per heavy atom. The number of carbonyl (C=O) groups is 1. The highest BCUT2D eigenvalue weighted by atomic mass is 32.2. The van der Waals surface area contributed by atoms with Crippen molar-refractivity contribution in [3.8, 4) is 11.5 Å². The van der Waals surface area contributed by atoms with E-state index in [1.165, 1.54) is 31.4 Å². The number of methoxy groups -OCH3 is 1. The van der Waals surface area contributed by atoms with E-state index in [0.29, 0.717) is 11.5 Å². The van der Waals surface area contributed by atoms with Gasteiger partial charge in [-0.05, 0) is 55.2 Å². The Labute approximate surface area is 172 Å². The van der Waals surface area contributed by atoms with E-state index in [1.54, 1.807) is 18.2 Å². The minimum absolute atomic E-state index is 0.0555. The minimum atomic E-state index is -3.90. The Hall–Kier alpha value is -2.58. The fraction of sp³-hybridized carbons (Fsp3) is 0.381. The number of ether oxygens (including phenoxy) is 2. The molecule has 0 unspecified atom stereocenters. The third kappa shape index (κ3) is 5.95. The maximum Gasteiger partial charge on any atom is 0.266 e. The van der Waals surface area contributed by atoms with Crippen molar-refractivity contribution in [1.29, 1.82) is 0 Å². The number of carbonyl (C=O) groups excluding carboxylic acids is 1. The fourth-order valence-electron chi connectivity index (χ4n) is 2.54. The molecule has 158 valence electrons. The summed E-state index contributed by atoms with van der Waals surface area (Å²) >= 11 is 0. The standard InChI is InChI=1S/C21H28N2O5S/c1-14(2)28-18-12-7-15(13-19(18)27-6)20(24)22-23-29(25,26)17-10-8-16(9-11-17)21(3,4)5/h7-14,23H,1-6H3,(H,22,24). The van der Waals surface area contributed by atoms with E-state index in [9.17, 15) is 13.2 Å². The van der Waals surface area contributed by atoms with Gasteiger partial charge in [-0.1, -0.05) is 32.9 Å². The molecule has 0 aliphatic rings. The first-order chi connectivity index (χ1) is 13.4. The summed E-state index contributed by atoms with van der Waals surface area (Å²) in [4.78, 5) is 14.6. The summed E-state index contributed by atoms with van der Waals surface area (Å²) in [6, 6.07) is 11.2. The Morgan fingerprint density at radius 2 is 1.62 bits per heavy atom. The molecule has 0 heterocycles. The van der Waals surface area contributed by atoms with Crippen molar-refractivity contribution in [3.05, 3.63) is 53.6 Å². The molecule has 0 aromatic heterocycles. The van der Waals surface area contributed by atoms with Crippen molar-refractivity contribution < 1.29 is 22.7 Å². The van der Waals surface area contributed by atoms with E-state index in [0.717, 1.165) is 5.56 Å². The number of hydrazine groups is 1. The van der Waals surface area contributed by atoms with E-state index in [2.05, 4.69) is 10.3 Å². The molecule has 0 radical (unpaired) electrons. The number of benzene rings is 2. The molecular weight excluding hydrogens is 392 g/mol. The Morgan fingerprint density at radius 3 is 2.14 bits per heavy atom. The predicted molar refractivity (Wildman–Crippen MR) is 112 cm³/mol. The molecule has 0 aliphatic carbocycles. The number of sulfonamides is 1. The number of nitrogens with one attached hydrogen (secondary N) is 2. The van der Waals surface area contributed by atoms with Crippen LogP contribution in [-0.4, -0.2) is 27.5 Å². The Kier molecular flexibility index (Phi) is 6.92. The smallest absolute Gasteiger partial charge is 0.266 e. The van der Waals surface area contributed by atoms with Gasteiger partial charge in [-0.15, -0.1) is 4.83 Å². The van der Waals surface area contributed by atoms with Gasteiger partial charge in [-0.3, -0.25) is 10.2 Å². The first-order valence-corrected chi connectivity index (χ1v) is 10.7. The molecule has 2 aromatic rings. The van der Waals surface area contributed by atoms with Crippen molar-refractivity contribution in [3.63, 3.8) is 0 Å². The molecule has 0 atom stereocenters. The van der Waals surface area contributed by atoms with Gasteiger partial charge < -0.3 is 9.47 Å². The molecule has 0 spiro atoms. The van der Waals surface area contributed by atoms with E-state index in [1.807, 2.05) is 34.6 Å². The molecule has 0 bridgehead atoms. The van der Waals surface area contributed by atoms with Crippen LogP contribution in [0.1, 0.15) is 50.5 Å². The molecular formula is C21H28N2O5S. The van der Waals surface area contributed by atoms with Crippen LogP contribution in [0.25, 0.3) is 0 Å². The van der Waals surface area contributed by atoms with Crippen LogP contribution in [0.15, 0.2) is 47.4 Å². The molecule has 0 saturated carbocycles. The van der Waals surface area contributed by atoms with Crippen molar-refractivity contribution in [1.82, 2.24) is 10.3 Å². The van der Waals surface area contributed by atoms with Gasteiger partial charge in [0, 0.05) is 5.56 Å². The first kappa shape index (κ1) is 22.7. The summed E-state index contributed by atoms with van der Waals surface area (Å²) in [5, 5.41) is 0. The second-order valence-corrected chi connectivity index (χ2v) is 9.55. The van der Waals surface area contributed by atoms with Crippen molar-refractivity contribution in [2.75, 3.05) is 7.11 Å². The quantitative estimate of drug-likeness (QED) is 0.670. The first-order valence-electron chi connectivity index (χ1n) is 9.21. The third-order valence-corrected chi connectivity index (χ3v) is 5.38. The van der Waals surface area contributed by atoms with Crippen LogP contribution < -0.4 is 19.7 Å². The molecule has 2 N–H and O–H groups in total. The molecule has 0 fully saturated rings. The summed E-state index contributed by atoms with van der Waals surface area (Å²) in [5.74, 6) is 0.264. The summed E-state index contributed by atoms with van der Waals surface area (Å²) in [7, 11) is -2.44. The second-order valence-electron chi connectivity index (χ2n) is 7.87. The molecule has 2 rings (SSSR count). The molecule has 7 nitrogen and oxygen atoms in total. The minimum Gasteiger partial charge on any atom is -0.493 e. The van der Waals surface area contributed by atoms with E-state index < -0.39 is 15.9 Å². The molecule has 29 heavy (non-hydrogen) atoms. The average Bonchev–Trinajstić information content (AvgIpc) is 2.65. The van der Waals surface area contributed by atoms with Gasteiger partial charge in [0.25, 0.3) is 15.9 Å². The van der Waals surface area contributed by atoms with Gasteiger partial charge in [0.1, 0.15) is 0 Å². The zero-order valence-electron chi connectivity index (χ0n) is 17.6. The lowest BCUT2D eigenvalue weighted by atomic mass is 9.87. The SMILES string of the molecule is COc1cc(C(=O)NNS(=O)(=O)c2ccc(C(C)(C)C)cc2)ccc1OC(C)C. The van der Waals surface area contributed by atoms with Gasteiger partial charge in [0.2, 0.25) is 0 Å². The zero-order valence-corrected chi connectivity index (χ0v) is 18.4. The highest BCUT2D eigenvalue weighted by Crippen LogP contribution is 2.29. The van der Waals surface area contributed by atoms with Gasteiger partial charge in [0.15, 0.2) is 11.5 Å². The van der Waals surface area contributed by atoms with E-state index in [4.69, 9.17) is 9.47 Å². The monoisotopic (exact) mass is 420 g/mol. The lowest BCUT2D eigenvalue weighted by Gasteiger charge is -2.19. The van der Waals surface area contributed by atoms with Crippen LogP contribution >= 0.6 is 0 Å². The topological polar surface area (TPSA) is 93.7 Å². The second kappa shape index (κ2) is 8.84. The van der Waals surface area contributed by atoms with Gasteiger partial charge >= 0.3 is 0 Å². The average molecular weight is 421 g/mol. The van der Waals surface area contributed by atoms with Crippen LogP contribution in [0.3, 0.4) is 0 Å². The number of hydrogen-bond acceptors (Lipinski definition) is 5. The van der Waals surface area contributed by atoms with Gasteiger partial charge in [-0.2, -0.15) is 0 Å². The summed E-state index contributed by atoms with van der Waals surface area (Å²) < 4.78 is 35.8. The molecule has 8 heteroatoms. The van der Waals surface area contributed by atoms with Crippen molar-refractivity contribution >= 4 is 15.9 Å². The van der Waals surface area contributed by atoms with Gasteiger partial charge in [0.05, 0.1) is 18.1 Å². The van der Waals surface area contributed by atoms with Crippen molar-refractivity contribution in [2.24, 2.45) is 0 Å². The maximum atomic E-state index is 12.5. The van der Waals surface area contributed by atoms with Crippen LogP contribution in [-0.2, 0) is 15.4 Å². The Bertz CT molecular complexity index is 962. The summed E-state index contributed by atoms with van der Waals surface area (Å²) in [5.41, 5.74) is 3.37. The predicted octanol–water partition coefficient (Wildman–Crippen LogP) is 3.40. The summed E-state index contributed by atoms with van der Waals surface area (Å²) in [6.45, 7) is 9.88. The zero-order chi connectivity index (χ0) is 21.8. The number of rotatable bonds is 7. The highest BCUT2D eigenvalue weighted by Gasteiger charge is 2.19. The Balaban J connectivity index is 2.11. The lowest BCUT2D eigenvalue weighted by Crippen LogP contribution is -2.41. The number of amides is 1. The molecule has 1 amide bonds. The number of hydrogen-bond donors (Lipinski definition) is 2. The van der Waals surface area contributed by atoms with Gasteiger partial charge in [-0.25, -0.2) is 8.42 Å². The van der Waals surface area contributed by atoms with Crippen LogP contribution in [0.2, 0.25) is 0 Å². The third-order valence-electron chi connectivity index (χ3n) is 4.12. The van der Waals surface area contributed by atoms with Crippen molar-refractivity contribution in [2.45, 2.75) is 51.0 Å². The summed E-state index contributed by atoms with van der Waals surface area (Å²) in [6.07, 6.45) is -0.0555. The van der Waals surface area contributed by atoms with Crippen LogP contribution in [0.4, 0.5) is 0 Å². The molecule has 0 aliphatic heterocycles. The van der Waals surface area contributed by atoms with E-state index in [-0.39, 0.29) is 22.0 Å².